The van der Waals surface area contributed by atoms with Gasteiger partial charge < -0.3 is 10.0 Å². The molecule has 2 heterocycles. The Labute approximate surface area is 107 Å². The average Bonchev–Trinajstić information content (AvgIpc) is 2.82. The summed E-state index contributed by atoms with van der Waals surface area (Å²) < 4.78 is 0.747. The summed E-state index contributed by atoms with van der Waals surface area (Å²) in [5.41, 5.74) is 0. The van der Waals surface area contributed by atoms with Crippen molar-refractivity contribution in [3.05, 3.63) is 21.3 Å². The van der Waals surface area contributed by atoms with Crippen LogP contribution in [0.3, 0.4) is 0 Å². The zero-order valence-electron chi connectivity index (χ0n) is 8.56. The molecule has 0 saturated carbocycles. The molecule has 1 aliphatic heterocycles. The molecule has 3 nitrogen and oxygen atoms in total. The summed E-state index contributed by atoms with van der Waals surface area (Å²) in [5, 5.41) is 8.89. The van der Waals surface area contributed by atoms with Gasteiger partial charge in [0.1, 0.15) is 5.37 Å². The topological polar surface area (TPSA) is 40.5 Å². The van der Waals surface area contributed by atoms with Crippen molar-refractivity contribution in [2.75, 3.05) is 18.9 Å². The van der Waals surface area contributed by atoms with Crippen LogP contribution in [-0.2, 0) is 4.79 Å². The zero-order chi connectivity index (χ0) is 11.5. The standard InChI is InChI=1S/C10H12ClNO2S2/c11-8-3-2-7(16-8)10-12(4-1-5-13)9(14)6-15-10/h2-3,10,13H,1,4-6H2. The predicted octanol–water partition coefficient (Wildman–Crippen LogP) is 2.36. The number of amides is 1. The Hall–Kier alpha value is -0.230. The molecule has 1 amide bonds. The molecule has 1 unspecified atom stereocenters. The monoisotopic (exact) mass is 277 g/mol. The van der Waals surface area contributed by atoms with E-state index in [1.807, 2.05) is 17.0 Å². The number of rotatable bonds is 4. The molecule has 0 radical (unpaired) electrons. The van der Waals surface area contributed by atoms with Crippen LogP contribution in [0.25, 0.3) is 0 Å². The first-order valence-corrected chi connectivity index (χ1v) is 7.24. The third kappa shape index (κ3) is 2.53. The first-order chi connectivity index (χ1) is 7.72. The lowest BCUT2D eigenvalue weighted by molar-refractivity contribution is -0.128. The summed E-state index contributed by atoms with van der Waals surface area (Å²) >= 11 is 9.03. The van der Waals surface area contributed by atoms with E-state index in [1.54, 1.807) is 11.8 Å². The van der Waals surface area contributed by atoms with Gasteiger partial charge in [0.05, 0.1) is 10.1 Å². The van der Waals surface area contributed by atoms with Crippen molar-refractivity contribution in [3.8, 4) is 0 Å². The number of halogens is 1. The summed E-state index contributed by atoms with van der Waals surface area (Å²) in [4.78, 5) is 14.6. The number of aliphatic hydroxyl groups excluding tert-OH is 1. The number of hydrogen-bond donors (Lipinski definition) is 1. The molecule has 1 aliphatic rings. The van der Waals surface area contributed by atoms with E-state index in [1.165, 1.54) is 11.3 Å². The van der Waals surface area contributed by atoms with E-state index in [0.29, 0.717) is 18.7 Å². The van der Waals surface area contributed by atoms with Crippen molar-refractivity contribution in [1.82, 2.24) is 4.90 Å². The normalized spacial score (nSPS) is 20.8. The van der Waals surface area contributed by atoms with Crippen molar-refractivity contribution >= 4 is 40.6 Å². The SMILES string of the molecule is O=C1CSC(c2ccc(Cl)s2)N1CCCO. The smallest absolute Gasteiger partial charge is 0.233 e. The molecule has 6 heteroatoms. The summed E-state index contributed by atoms with van der Waals surface area (Å²) in [6, 6.07) is 3.82. The van der Waals surface area contributed by atoms with Gasteiger partial charge in [0.2, 0.25) is 5.91 Å². The number of carbonyl (C=O) groups excluding carboxylic acids is 1. The summed E-state index contributed by atoms with van der Waals surface area (Å²) in [6.45, 7) is 0.731. The molecule has 1 atom stereocenters. The third-order valence-corrected chi connectivity index (χ3v) is 5.03. The predicted molar refractivity (Wildman–Crippen MR) is 67.9 cm³/mol. The minimum Gasteiger partial charge on any atom is -0.396 e. The average molecular weight is 278 g/mol. The van der Waals surface area contributed by atoms with E-state index in [2.05, 4.69) is 0 Å². The molecule has 1 saturated heterocycles. The van der Waals surface area contributed by atoms with Crippen molar-refractivity contribution in [1.29, 1.82) is 0 Å². The van der Waals surface area contributed by atoms with Gasteiger partial charge in [-0.3, -0.25) is 4.79 Å². The summed E-state index contributed by atoms with van der Waals surface area (Å²) in [6.07, 6.45) is 0.627. The van der Waals surface area contributed by atoms with Gasteiger partial charge in [0, 0.05) is 18.0 Å². The number of thioether (sulfide) groups is 1. The molecule has 0 spiro atoms. The highest BCUT2D eigenvalue weighted by molar-refractivity contribution is 8.00. The van der Waals surface area contributed by atoms with E-state index < -0.39 is 0 Å². The van der Waals surface area contributed by atoms with Gasteiger partial charge in [0.25, 0.3) is 0 Å². The van der Waals surface area contributed by atoms with Gasteiger partial charge >= 0.3 is 0 Å². The van der Waals surface area contributed by atoms with Crippen LogP contribution in [0.1, 0.15) is 16.7 Å². The van der Waals surface area contributed by atoms with E-state index in [-0.39, 0.29) is 17.9 Å². The van der Waals surface area contributed by atoms with Crippen molar-refractivity contribution < 1.29 is 9.90 Å². The van der Waals surface area contributed by atoms with Crippen LogP contribution in [-0.4, -0.2) is 34.8 Å². The molecule has 1 aromatic heterocycles. The molecular weight excluding hydrogens is 266 g/mol. The lowest BCUT2D eigenvalue weighted by Crippen LogP contribution is -2.29. The highest BCUT2D eigenvalue weighted by Gasteiger charge is 2.33. The number of carbonyl (C=O) groups is 1. The second kappa shape index (κ2) is 5.40. The van der Waals surface area contributed by atoms with Crippen LogP contribution in [0.4, 0.5) is 0 Å². The minimum absolute atomic E-state index is 0.0801. The quantitative estimate of drug-likeness (QED) is 0.918. The molecule has 1 aromatic rings. The van der Waals surface area contributed by atoms with E-state index in [9.17, 15) is 4.79 Å². The fourth-order valence-corrected chi connectivity index (χ4v) is 4.15. The largest absolute Gasteiger partial charge is 0.396 e. The highest BCUT2D eigenvalue weighted by atomic mass is 35.5. The van der Waals surface area contributed by atoms with E-state index >= 15 is 0 Å². The first-order valence-electron chi connectivity index (χ1n) is 4.99. The molecule has 0 aromatic carbocycles. The summed E-state index contributed by atoms with van der Waals surface area (Å²) in [7, 11) is 0. The van der Waals surface area contributed by atoms with Gasteiger partial charge in [-0.05, 0) is 18.6 Å². The summed E-state index contributed by atoms with van der Waals surface area (Å²) in [5.74, 6) is 0.666. The second-order valence-corrected chi connectivity index (χ2v) is 6.28. The molecular formula is C10H12ClNO2S2. The Morgan fingerprint density at radius 1 is 1.56 bits per heavy atom. The van der Waals surface area contributed by atoms with Gasteiger partial charge in [-0.25, -0.2) is 0 Å². The Morgan fingerprint density at radius 3 is 3.00 bits per heavy atom. The van der Waals surface area contributed by atoms with Gasteiger partial charge in [-0.1, -0.05) is 11.6 Å². The van der Waals surface area contributed by atoms with Gasteiger partial charge in [0.15, 0.2) is 0 Å². The molecule has 88 valence electrons. The molecule has 2 rings (SSSR count). The van der Waals surface area contributed by atoms with Crippen LogP contribution in [0, 0.1) is 0 Å². The molecule has 16 heavy (non-hydrogen) atoms. The third-order valence-electron chi connectivity index (χ3n) is 2.36. The number of nitrogens with zero attached hydrogens (tertiary/aromatic N) is 1. The number of hydrogen-bond acceptors (Lipinski definition) is 4. The molecule has 0 aliphatic carbocycles. The molecule has 0 bridgehead atoms. The van der Waals surface area contributed by atoms with Crippen molar-refractivity contribution in [2.24, 2.45) is 0 Å². The Bertz CT molecular complexity index is 383. The van der Waals surface area contributed by atoms with Crippen LogP contribution >= 0.6 is 34.7 Å². The van der Waals surface area contributed by atoms with E-state index in [4.69, 9.17) is 16.7 Å². The zero-order valence-corrected chi connectivity index (χ0v) is 10.9. The Balaban J connectivity index is 2.11. The fourth-order valence-electron chi connectivity index (χ4n) is 1.63. The van der Waals surface area contributed by atoms with Crippen LogP contribution in [0.5, 0.6) is 0 Å². The van der Waals surface area contributed by atoms with E-state index in [0.717, 1.165) is 9.21 Å². The molecule has 1 fully saturated rings. The lowest BCUT2D eigenvalue weighted by atomic mass is 10.3. The number of thiophene rings is 1. The Morgan fingerprint density at radius 2 is 2.38 bits per heavy atom. The maximum absolute atomic E-state index is 11.7. The van der Waals surface area contributed by atoms with Crippen LogP contribution in [0.15, 0.2) is 12.1 Å². The molecule has 1 N–H and O–H groups in total. The lowest BCUT2D eigenvalue weighted by Gasteiger charge is -2.22. The van der Waals surface area contributed by atoms with Crippen molar-refractivity contribution in [3.63, 3.8) is 0 Å². The number of aliphatic hydroxyl groups is 1. The van der Waals surface area contributed by atoms with Gasteiger partial charge in [-0.15, -0.1) is 23.1 Å². The van der Waals surface area contributed by atoms with Crippen LogP contribution in [0.2, 0.25) is 4.34 Å². The maximum atomic E-state index is 11.7. The van der Waals surface area contributed by atoms with Gasteiger partial charge in [-0.2, -0.15) is 0 Å². The highest BCUT2D eigenvalue weighted by Crippen LogP contribution is 2.42. The second-order valence-electron chi connectivity index (χ2n) is 3.47. The first kappa shape index (κ1) is 12.2. The van der Waals surface area contributed by atoms with Crippen LogP contribution < -0.4 is 0 Å². The Kier molecular flexibility index (Phi) is 4.13. The fraction of sp³-hybridized carbons (Fsp3) is 0.500. The minimum atomic E-state index is 0.0801. The van der Waals surface area contributed by atoms with Crippen molar-refractivity contribution in [2.45, 2.75) is 11.8 Å². The maximum Gasteiger partial charge on any atom is 0.233 e.